The first-order valence-corrected chi connectivity index (χ1v) is 11.0. The van der Waals surface area contributed by atoms with E-state index < -0.39 is 11.7 Å². The zero-order valence-corrected chi connectivity index (χ0v) is 18.1. The second kappa shape index (κ2) is 9.91. The molecule has 0 saturated carbocycles. The molecule has 0 aliphatic rings. The van der Waals surface area contributed by atoms with Gasteiger partial charge in [0, 0.05) is 11.3 Å². The number of halogens is 3. The average molecular weight is 469 g/mol. The first kappa shape index (κ1) is 22.6. The van der Waals surface area contributed by atoms with Crippen molar-refractivity contribution in [2.24, 2.45) is 0 Å². The van der Waals surface area contributed by atoms with E-state index in [1.165, 1.54) is 17.8 Å². The van der Waals surface area contributed by atoms with Crippen LogP contribution < -0.4 is 5.32 Å². The number of hydrogen-bond donors (Lipinski definition) is 1. The summed E-state index contributed by atoms with van der Waals surface area (Å²) in [4.78, 5) is 12.4. The van der Waals surface area contributed by atoms with Crippen LogP contribution in [0.4, 0.5) is 18.9 Å². The minimum atomic E-state index is -4.46. The fraction of sp³-hybridized carbons (Fsp3) is 0.125. The number of nitrogens with zero attached hydrogens (tertiary/aromatic N) is 3. The smallest absolute Gasteiger partial charge is 0.325 e. The highest BCUT2D eigenvalue weighted by Gasteiger charge is 2.31. The summed E-state index contributed by atoms with van der Waals surface area (Å²) >= 11 is 1.17. The molecule has 0 radical (unpaired) electrons. The maximum atomic E-state index is 13.2. The van der Waals surface area contributed by atoms with E-state index in [0.717, 1.165) is 17.7 Å². The molecule has 0 aliphatic heterocycles. The minimum absolute atomic E-state index is 0.0738. The molecule has 1 aromatic heterocycles. The Bertz CT molecular complexity index is 1230. The summed E-state index contributed by atoms with van der Waals surface area (Å²) in [5.74, 6) is 0.154. The van der Waals surface area contributed by atoms with Gasteiger partial charge in [0.25, 0.3) is 0 Å². The highest BCUT2D eigenvalue weighted by molar-refractivity contribution is 7.99. The molecular formula is C24H19F3N4OS. The first-order valence-electron chi connectivity index (χ1n) is 10.0. The van der Waals surface area contributed by atoms with Crippen molar-refractivity contribution in [3.05, 3.63) is 96.1 Å². The predicted octanol–water partition coefficient (Wildman–Crippen LogP) is 5.74. The van der Waals surface area contributed by atoms with E-state index in [9.17, 15) is 18.0 Å². The van der Waals surface area contributed by atoms with Gasteiger partial charge in [-0.1, -0.05) is 72.4 Å². The number of alkyl halides is 3. The van der Waals surface area contributed by atoms with Crippen LogP contribution in [0.25, 0.3) is 11.4 Å². The van der Waals surface area contributed by atoms with Gasteiger partial charge in [-0.3, -0.25) is 9.36 Å². The molecule has 1 amide bonds. The van der Waals surface area contributed by atoms with Crippen molar-refractivity contribution in [2.45, 2.75) is 17.9 Å². The number of para-hydroxylation sites is 1. The van der Waals surface area contributed by atoms with Crippen molar-refractivity contribution in [2.75, 3.05) is 11.1 Å². The molecule has 1 heterocycles. The van der Waals surface area contributed by atoms with Gasteiger partial charge in [-0.2, -0.15) is 13.2 Å². The quantitative estimate of drug-likeness (QED) is 0.351. The molecule has 0 saturated heterocycles. The van der Waals surface area contributed by atoms with Crippen molar-refractivity contribution < 1.29 is 18.0 Å². The Morgan fingerprint density at radius 2 is 1.61 bits per heavy atom. The number of hydrogen-bond acceptors (Lipinski definition) is 4. The lowest BCUT2D eigenvalue weighted by molar-refractivity contribution is -0.137. The van der Waals surface area contributed by atoms with Crippen molar-refractivity contribution >= 4 is 23.4 Å². The Morgan fingerprint density at radius 1 is 0.909 bits per heavy atom. The van der Waals surface area contributed by atoms with E-state index in [0.29, 0.717) is 28.8 Å². The van der Waals surface area contributed by atoms with E-state index in [1.54, 1.807) is 22.8 Å². The number of rotatable bonds is 7. The van der Waals surface area contributed by atoms with Crippen LogP contribution in [0.15, 0.2) is 90.1 Å². The van der Waals surface area contributed by atoms with Crippen LogP contribution in [0.1, 0.15) is 11.1 Å². The lowest BCUT2D eigenvalue weighted by atomic mass is 10.1. The van der Waals surface area contributed by atoms with Gasteiger partial charge in [0.15, 0.2) is 11.0 Å². The maximum Gasteiger partial charge on any atom is 0.416 e. The third-order valence-electron chi connectivity index (χ3n) is 4.74. The average Bonchev–Trinajstić information content (AvgIpc) is 3.21. The predicted molar refractivity (Wildman–Crippen MR) is 122 cm³/mol. The van der Waals surface area contributed by atoms with Crippen LogP contribution >= 0.6 is 11.8 Å². The lowest BCUT2D eigenvalue weighted by Gasteiger charge is -2.12. The normalized spacial score (nSPS) is 11.4. The largest absolute Gasteiger partial charge is 0.416 e. The number of benzene rings is 3. The van der Waals surface area contributed by atoms with E-state index in [2.05, 4.69) is 15.5 Å². The van der Waals surface area contributed by atoms with Crippen molar-refractivity contribution in [1.82, 2.24) is 14.8 Å². The van der Waals surface area contributed by atoms with Gasteiger partial charge in [0.1, 0.15) is 0 Å². The Hall–Kier alpha value is -3.59. The molecule has 4 rings (SSSR count). The van der Waals surface area contributed by atoms with Gasteiger partial charge in [-0.05, 0) is 29.8 Å². The van der Waals surface area contributed by atoms with Crippen LogP contribution in [0.2, 0.25) is 0 Å². The van der Waals surface area contributed by atoms with E-state index in [-0.39, 0.29) is 11.7 Å². The van der Waals surface area contributed by atoms with Crippen LogP contribution in [0.5, 0.6) is 0 Å². The van der Waals surface area contributed by atoms with Crippen molar-refractivity contribution in [3.63, 3.8) is 0 Å². The molecule has 5 nitrogen and oxygen atoms in total. The Kier molecular flexibility index (Phi) is 6.79. The molecule has 0 bridgehead atoms. The molecule has 0 aliphatic carbocycles. The fourth-order valence-corrected chi connectivity index (χ4v) is 3.94. The summed E-state index contributed by atoms with van der Waals surface area (Å²) in [6, 6.07) is 23.5. The molecule has 0 unspecified atom stereocenters. The summed E-state index contributed by atoms with van der Waals surface area (Å²) < 4.78 is 41.4. The molecule has 0 spiro atoms. The molecule has 9 heteroatoms. The number of nitrogens with one attached hydrogen (secondary N) is 1. The van der Waals surface area contributed by atoms with Crippen LogP contribution in [0, 0.1) is 0 Å². The zero-order valence-electron chi connectivity index (χ0n) is 17.3. The third kappa shape index (κ3) is 5.81. The molecular weight excluding hydrogens is 449 g/mol. The van der Waals surface area contributed by atoms with Crippen molar-refractivity contribution in [3.8, 4) is 11.4 Å². The Morgan fingerprint density at radius 3 is 2.30 bits per heavy atom. The second-order valence-electron chi connectivity index (χ2n) is 7.16. The summed E-state index contributed by atoms with van der Waals surface area (Å²) in [5.41, 5.74) is 1.15. The molecule has 4 aromatic rings. The number of amides is 1. The second-order valence-corrected chi connectivity index (χ2v) is 8.10. The maximum absolute atomic E-state index is 13.2. The molecule has 168 valence electrons. The first-order chi connectivity index (χ1) is 15.9. The zero-order chi connectivity index (χ0) is 23.3. The van der Waals surface area contributed by atoms with E-state index >= 15 is 0 Å². The number of carbonyl (C=O) groups is 1. The highest BCUT2D eigenvalue weighted by atomic mass is 32.2. The Labute approximate surface area is 192 Å². The Balaban J connectivity index is 1.61. The fourth-order valence-electron chi connectivity index (χ4n) is 3.20. The summed E-state index contributed by atoms with van der Waals surface area (Å²) in [6.07, 6.45) is -4.46. The van der Waals surface area contributed by atoms with E-state index in [1.807, 2.05) is 48.5 Å². The number of anilines is 1. The van der Waals surface area contributed by atoms with Gasteiger partial charge < -0.3 is 5.32 Å². The van der Waals surface area contributed by atoms with Crippen LogP contribution in [0.3, 0.4) is 0 Å². The van der Waals surface area contributed by atoms with Gasteiger partial charge in [-0.15, -0.1) is 10.2 Å². The van der Waals surface area contributed by atoms with Gasteiger partial charge in [0.2, 0.25) is 5.91 Å². The van der Waals surface area contributed by atoms with Gasteiger partial charge in [0.05, 0.1) is 17.9 Å². The standard InChI is InChI=1S/C24H19F3N4OS/c25-24(26,27)19-11-7-10-18(14-19)22-29-30-23(31(22)15-17-8-3-1-4-9-17)33-16-21(32)28-20-12-5-2-6-13-20/h1-14H,15-16H2,(H,28,32). The number of thioether (sulfide) groups is 1. The molecule has 0 atom stereocenters. The number of carbonyl (C=O) groups excluding carboxylic acids is 1. The van der Waals surface area contributed by atoms with Crippen LogP contribution in [-0.4, -0.2) is 26.4 Å². The topological polar surface area (TPSA) is 59.8 Å². The highest BCUT2D eigenvalue weighted by Crippen LogP contribution is 2.33. The summed E-state index contributed by atoms with van der Waals surface area (Å²) in [7, 11) is 0. The summed E-state index contributed by atoms with van der Waals surface area (Å²) in [5, 5.41) is 11.6. The SMILES string of the molecule is O=C(CSc1nnc(-c2cccc(C(F)(F)F)c2)n1Cc1ccccc1)Nc1ccccc1. The molecule has 3 aromatic carbocycles. The number of aromatic nitrogens is 3. The van der Waals surface area contributed by atoms with E-state index in [4.69, 9.17) is 0 Å². The van der Waals surface area contributed by atoms with Gasteiger partial charge in [-0.25, -0.2) is 0 Å². The van der Waals surface area contributed by atoms with Gasteiger partial charge >= 0.3 is 6.18 Å². The molecule has 0 fully saturated rings. The van der Waals surface area contributed by atoms with Crippen molar-refractivity contribution in [1.29, 1.82) is 0 Å². The molecule has 1 N–H and O–H groups in total. The van der Waals surface area contributed by atoms with Crippen LogP contribution in [-0.2, 0) is 17.5 Å². The minimum Gasteiger partial charge on any atom is -0.325 e. The summed E-state index contributed by atoms with van der Waals surface area (Å²) in [6.45, 7) is 0.349. The lowest BCUT2D eigenvalue weighted by Crippen LogP contribution is -2.14. The monoisotopic (exact) mass is 468 g/mol. The molecule has 33 heavy (non-hydrogen) atoms. The third-order valence-corrected chi connectivity index (χ3v) is 5.71.